The molecule has 1 saturated heterocycles. The zero-order valence-corrected chi connectivity index (χ0v) is 18.5. The average molecular weight is 425 g/mol. The zero-order valence-electron chi connectivity index (χ0n) is 18.5. The molecule has 2 heterocycles. The van der Waals surface area contributed by atoms with E-state index in [-0.39, 0.29) is 29.4 Å². The van der Waals surface area contributed by atoms with Crippen molar-refractivity contribution in [2.24, 2.45) is 11.3 Å². The number of amides is 1. The predicted octanol–water partition coefficient (Wildman–Crippen LogP) is 3.32. The second-order valence-electron chi connectivity index (χ2n) is 9.84. The van der Waals surface area contributed by atoms with Crippen molar-refractivity contribution >= 4 is 22.5 Å². The predicted molar refractivity (Wildman–Crippen MR) is 119 cm³/mol. The lowest BCUT2D eigenvalue weighted by Crippen LogP contribution is -2.41. The first-order chi connectivity index (χ1) is 15.0. The van der Waals surface area contributed by atoms with E-state index in [2.05, 4.69) is 46.2 Å². The van der Waals surface area contributed by atoms with Crippen LogP contribution in [0, 0.1) is 11.3 Å². The molecule has 0 bridgehead atoms. The summed E-state index contributed by atoms with van der Waals surface area (Å²) in [5.74, 6) is 1.28. The van der Waals surface area contributed by atoms with Crippen LogP contribution in [-0.4, -0.2) is 54.3 Å². The standard InChI is InChI=1S/C24H32N4O3/c1-24(2)13-20(24)23(29)27-16-3-5-18(6-4-16)31-22-12-17(28-7-9-30-10-8-28)11-21-19(22)14-25-15-26-21/h11-12,14-16,18,20H,3-10,13H2,1-2H3,(H,27,29)/t16-,18+,20?. The van der Waals surface area contributed by atoms with Crippen LogP contribution < -0.4 is 15.0 Å². The number of fused-ring (bicyclic) bond motifs is 1. The summed E-state index contributed by atoms with van der Waals surface area (Å²) in [5, 5.41) is 4.22. The number of benzene rings is 1. The van der Waals surface area contributed by atoms with Crippen LogP contribution in [0.2, 0.25) is 0 Å². The first-order valence-corrected chi connectivity index (χ1v) is 11.5. The number of carbonyl (C=O) groups is 1. The molecule has 7 nitrogen and oxygen atoms in total. The Balaban J connectivity index is 1.25. The van der Waals surface area contributed by atoms with Gasteiger partial charge in [-0.1, -0.05) is 13.8 Å². The molecule has 1 amide bonds. The zero-order chi connectivity index (χ0) is 21.4. The van der Waals surface area contributed by atoms with Gasteiger partial charge in [0.05, 0.1) is 30.2 Å². The molecule has 5 rings (SSSR count). The molecule has 2 saturated carbocycles. The normalized spacial score (nSPS) is 27.7. The van der Waals surface area contributed by atoms with Gasteiger partial charge in [-0.3, -0.25) is 4.79 Å². The fourth-order valence-electron chi connectivity index (χ4n) is 4.86. The lowest BCUT2D eigenvalue weighted by Gasteiger charge is -2.31. The number of hydrogen-bond acceptors (Lipinski definition) is 6. The summed E-state index contributed by atoms with van der Waals surface area (Å²) in [5.41, 5.74) is 2.21. The Bertz CT molecular complexity index is 949. The first kappa shape index (κ1) is 20.5. The van der Waals surface area contributed by atoms with E-state index in [4.69, 9.17) is 9.47 Å². The molecule has 1 N–H and O–H groups in total. The lowest BCUT2D eigenvalue weighted by molar-refractivity contribution is -0.124. The maximum Gasteiger partial charge on any atom is 0.223 e. The van der Waals surface area contributed by atoms with Crippen molar-refractivity contribution in [2.75, 3.05) is 31.2 Å². The molecule has 0 spiro atoms. The molecule has 1 aliphatic heterocycles. The maximum absolute atomic E-state index is 12.4. The van der Waals surface area contributed by atoms with E-state index in [0.29, 0.717) is 0 Å². The van der Waals surface area contributed by atoms with Gasteiger partial charge in [-0.25, -0.2) is 9.97 Å². The fraction of sp³-hybridized carbons (Fsp3) is 0.625. The highest BCUT2D eigenvalue weighted by Gasteiger charge is 2.50. The number of anilines is 1. The van der Waals surface area contributed by atoms with Gasteiger partial charge in [-0.2, -0.15) is 0 Å². The summed E-state index contributed by atoms with van der Waals surface area (Å²) < 4.78 is 12.0. The van der Waals surface area contributed by atoms with Gasteiger partial charge >= 0.3 is 0 Å². The van der Waals surface area contributed by atoms with Gasteiger partial charge in [0.1, 0.15) is 12.1 Å². The second kappa shape index (κ2) is 8.26. The number of morpholine rings is 1. The number of carbonyl (C=O) groups excluding carboxylic acids is 1. The molecule has 1 aromatic heterocycles. The maximum atomic E-state index is 12.4. The van der Waals surface area contributed by atoms with E-state index < -0.39 is 0 Å². The minimum Gasteiger partial charge on any atom is -0.490 e. The molecule has 0 radical (unpaired) electrons. The number of aromatic nitrogens is 2. The summed E-state index contributed by atoms with van der Waals surface area (Å²) in [7, 11) is 0. The van der Waals surface area contributed by atoms with Crippen LogP contribution in [-0.2, 0) is 9.53 Å². The van der Waals surface area contributed by atoms with Crippen molar-refractivity contribution in [3.05, 3.63) is 24.7 Å². The highest BCUT2D eigenvalue weighted by molar-refractivity contribution is 5.88. The minimum absolute atomic E-state index is 0.147. The largest absolute Gasteiger partial charge is 0.490 e. The van der Waals surface area contributed by atoms with Crippen LogP contribution in [0.5, 0.6) is 5.75 Å². The van der Waals surface area contributed by atoms with E-state index >= 15 is 0 Å². The average Bonchev–Trinajstić information content (AvgIpc) is 3.44. The summed E-state index contributed by atoms with van der Waals surface area (Å²) in [6, 6.07) is 4.50. The highest BCUT2D eigenvalue weighted by Crippen LogP contribution is 2.51. The topological polar surface area (TPSA) is 76.6 Å². The quantitative estimate of drug-likeness (QED) is 0.794. The fourth-order valence-corrected chi connectivity index (χ4v) is 4.86. The van der Waals surface area contributed by atoms with Gasteiger partial charge in [0.15, 0.2) is 0 Å². The lowest BCUT2D eigenvalue weighted by atomic mass is 9.92. The Morgan fingerprint density at radius 1 is 1.19 bits per heavy atom. The number of nitrogens with zero attached hydrogens (tertiary/aromatic N) is 3. The first-order valence-electron chi connectivity index (χ1n) is 11.5. The third-order valence-corrected chi connectivity index (χ3v) is 7.09. The van der Waals surface area contributed by atoms with Crippen LogP contribution >= 0.6 is 0 Å². The Morgan fingerprint density at radius 2 is 1.94 bits per heavy atom. The number of nitrogens with one attached hydrogen (secondary N) is 1. The third-order valence-electron chi connectivity index (χ3n) is 7.09. The Hall–Kier alpha value is -2.41. The molecule has 7 heteroatoms. The van der Waals surface area contributed by atoms with Crippen LogP contribution in [0.25, 0.3) is 10.9 Å². The smallest absolute Gasteiger partial charge is 0.223 e. The van der Waals surface area contributed by atoms with Crippen LogP contribution in [0.4, 0.5) is 5.69 Å². The van der Waals surface area contributed by atoms with Crippen molar-refractivity contribution in [3.8, 4) is 5.75 Å². The molecule has 31 heavy (non-hydrogen) atoms. The number of ether oxygens (including phenoxy) is 2. The molecule has 166 valence electrons. The van der Waals surface area contributed by atoms with Crippen molar-refractivity contribution in [3.63, 3.8) is 0 Å². The van der Waals surface area contributed by atoms with Crippen LogP contribution in [0.3, 0.4) is 0 Å². The molecule has 3 fully saturated rings. The van der Waals surface area contributed by atoms with Gasteiger partial charge in [0, 0.05) is 43.0 Å². The third kappa shape index (κ3) is 4.47. The van der Waals surface area contributed by atoms with Gasteiger partial charge in [0.25, 0.3) is 0 Å². The molecule has 1 unspecified atom stereocenters. The summed E-state index contributed by atoms with van der Waals surface area (Å²) in [4.78, 5) is 23.4. The van der Waals surface area contributed by atoms with Gasteiger partial charge < -0.3 is 19.7 Å². The van der Waals surface area contributed by atoms with Crippen LogP contribution in [0.15, 0.2) is 24.7 Å². The molecular weight excluding hydrogens is 392 g/mol. The minimum atomic E-state index is 0.147. The summed E-state index contributed by atoms with van der Waals surface area (Å²) >= 11 is 0. The Morgan fingerprint density at radius 3 is 2.65 bits per heavy atom. The van der Waals surface area contributed by atoms with E-state index in [9.17, 15) is 4.79 Å². The van der Waals surface area contributed by atoms with Crippen molar-refractivity contribution in [1.29, 1.82) is 0 Å². The number of hydrogen-bond donors (Lipinski definition) is 1. The van der Waals surface area contributed by atoms with Crippen LogP contribution in [0.1, 0.15) is 46.0 Å². The van der Waals surface area contributed by atoms with Gasteiger partial charge in [-0.15, -0.1) is 0 Å². The summed E-state index contributed by atoms with van der Waals surface area (Å²) in [6.07, 6.45) is 8.38. The number of rotatable bonds is 5. The molecule has 1 atom stereocenters. The van der Waals surface area contributed by atoms with Crippen molar-refractivity contribution in [1.82, 2.24) is 15.3 Å². The van der Waals surface area contributed by atoms with Crippen molar-refractivity contribution in [2.45, 2.75) is 58.1 Å². The van der Waals surface area contributed by atoms with E-state index in [0.717, 1.165) is 80.7 Å². The van der Waals surface area contributed by atoms with Gasteiger partial charge in [0.2, 0.25) is 5.91 Å². The molecule has 1 aromatic carbocycles. The highest BCUT2D eigenvalue weighted by atomic mass is 16.5. The Labute approximate surface area is 183 Å². The summed E-state index contributed by atoms with van der Waals surface area (Å²) in [6.45, 7) is 7.57. The molecule has 2 aromatic rings. The Kier molecular flexibility index (Phi) is 5.46. The van der Waals surface area contributed by atoms with Gasteiger partial charge in [-0.05, 0) is 43.6 Å². The van der Waals surface area contributed by atoms with E-state index in [1.807, 2.05) is 6.20 Å². The van der Waals surface area contributed by atoms with E-state index in [1.165, 1.54) is 0 Å². The monoisotopic (exact) mass is 424 g/mol. The molecular formula is C24H32N4O3. The van der Waals surface area contributed by atoms with Crippen molar-refractivity contribution < 1.29 is 14.3 Å². The molecule has 3 aliphatic rings. The molecule has 2 aliphatic carbocycles. The van der Waals surface area contributed by atoms with E-state index in [1.54, 1.807) is 6.33 Å². The SMILES string of the molecule is CC1(C)CC1C(=O)N[C@H]1CC[C@@H](Oc2cc(N3CCOCC3)cc3ncncc23)CC1. The second-order valence-corrected chi connectivity index (χ2v) is 9.84.